The summed E-state index contributed by atoms with van der Waals surface area (Å²) in [4.78, 5) is 20.8. The van der Waals surface area contributed by atoms with E-state index in [0.29, 0.717) is 0 Å². The molecule has 1 aliphatic rings. The Morgan fingerprint density at radius 1 is 1.18 bits per heavy atom. The number of carboxylic acids is 1. The molecule has 17 heavy (non-hydrogen) atoms. The summed E-state index contributed by atoms with van der Waals surface area (Å²) in [6.45, 7) is -0.243. The molecule has 0 heterocycles. The smallest absolute Gasteiger partial charge is 0.377 e. The van der Waals surface area contributed by atoms with Crippen LogP contribution in [0.15, 0.2) is 0 Å². The van der Waals surface area contributed by atoms with Gasteiger partial charge in [0.25, 0.3) is 0 Å². The average Bonchev–Trinajstić information content (AvgIpc) is 2.95. The van der Waals surface area contributed by atoms with Crippen LogP contribution < -0.4 is 0 Å². The normalized spacial score (nSPS) is 16.7. The second kappa shape index (κ2) is 4.50. The quantitative estimate of drug-likeness (QED) is 0.581. The fourth-order valence-electron chi connectivity index (χ4n) is 1.01. The van der Waals surface area contributed by atoms with Crippen LogP contribution in [0.25, 0.3) is 0 Å². The van der Waals surface area contributed by atoms with Crippen molar-refractivity contribution in [3.63, 3.8) is 0 Å². The Bertz CT molecular complexity index is 325. The highest BCUT2D eigenvalue weighted by atomic mass is 19.3. The van der Waals surface area contributed by atoms with E-state index in [1.807, 2.05) is 0 Å². The molecule has 1 fully saturated rings. The third-order valence-corrected chi connectivity index (χ3v) is 2.20. The fraction of sp³-hybridized carbons (Fsp3) is 0.778. The van der Waals surface area contributed by atoms with Gasteiger partial charge in [0.1, 0.15) is 0 Å². The van der Waals surface area contributed by atoms with E-state index in [4.69, 9.17) is 5.11 Å². The number of halogens is 4. The summed E-state index contributed by atoms with van der Waals surface area (Å²) < 4.78 is 55.0. The minimum Gasteiger partial charge on any atom is -0.477 e. The first kappa shape index (κ1) is 13.7. The maximum Gasteiger partial charge on any atom is 0.377 e. The molecule has 0 aromatic heterocycles. The number of hydrogen-bond acceptors (Lipinski definition) is 3. The highest BCUT2D eigenvalue weighted by molar-refractivity contribution is 5.81. The van der Waals surface area contributed by atoms with E-state index in [9.17, 15) is 27.2 Å². The van der Waals surface area contributed by atoms with E-state index < -0.39 is 30.2 Å². The van der Waals surface area contributed by atoms with Gasteiger partial charge in [0.05, 0.1) is 13.0 Å². The number of ether oxygens (including phenoxy) is 1. The van der Waals surface area contributed by atoms with Crippen LogP contribution >= 0.6 is 0 Å². The molecule has 0 aliphatic heterocycles. The number of rotatable bonds is 6. The Hall–Kier alpha value is -1.34. The van der Waals surface area contributed by atoms with Crippen LogP contribution in [0.3, 0.4) is 0 Å². The number of alkyl halides is 4. The van der Waals surface area contributed by atoms with Gasteiger partial charge in [-0.25, -0.2) is 9.59 Å². The summed E-state index contributed by atoms with van der Waals surface area (Å²) >= 11 is 0. The van der Waals surface area contributed by atoms with E-state index in [2.05, 4.69) is 4.74 Å². The van der Waals surface area contributed by atoms with Gasteiger partial charge in [0, 0.05) is 0 Å². The van der Waals surface area contributed by atoms with Crippen molar-refractivity contribution in [2.45, 2.75) is 31.1 Å². The molecule has 98 valence electrons. The Labute approximate surface area is 93.5 Å². The van der Waals surface area contributed by atoms with Gasteiger partial charge in [-0.1, -0.05) is 0 Å². The minimum atomic E-state index is -4.66. The van der Waals surface area contributed by atoms with Gasteiger partial charge in [0.15, 0.2) is 0 Å². The summed E-state index contributed by atoms with van der Waals surface area (Å²) in [7, 11) is 0. The van der Waals surface area contributed by atoms with Crippen molar-refractivity contribution in [2.75, 3.05) is 6.61 Å². The zero-order valence-corrected chi connectivity index (χ0v) is 8.59. The third-order valence-electron chi connectivity index (χ3n) is 2.20. The molecule has 0 unspecified atom stereocenters. The summed E-state index contributed by atoms with van der Waals surface area (Å²) in [6.07, 6.45) is -0.910. The lowest BCUT2D eigenvalue weighted by Crippen LogP contribution is -2.41. The molecule has 0 aromatic rings. The van der Waals surface area contributed by atoms with Gasteiger partial charge in [-0.15, -0.1) is 0 Å². The molecule has 0 saturated heterocycles. The van der Waals surface area contributed by atoms with Crippen LogP contribution in [-0.2, 0) is 14.3 Å². The zero-order valence-electron chi connectivity index (χ0n) is 8.59. The molecule has 0 spiro atoms. The molecule has 0 bridgehead atoms. The van der Waals surface area contributed by atoms with Crippen LogP contribution in [0.1, 0.15) is 19.3 Å². The predicted octanol–water partition coefficient (Wildman–Crippen LogP) is 1.68. The topological polar surface area (TPSA) is 63.6 Å². The second-order valence-electron chi connectivity index (χ2n) is 3.93. The first-order chi connectivity index (χ1) is 7.65. The number of aliphatic carboxylic acids is 1. The van der Waals surface area contributed by atoms with Crippen LogP contribution in [0.5, 0.6) is 0 Å². The molecule has 0 aromatic carbocycles. The second-order valence-corrected chi connectivity index (χ2v) is 3.93. The molecule has 1 saturated carbocycles. The maximum atomic E-state index is 12.9. The van der Waals surface area contributed by atoms with Crippen molar-refractivity contribution in [1.82, 2.24) is 0 Å². The fourth-order valence-corrected chi connectivity index (χ4v) is 1.01. The van der Waals surface area contributed by atoms with Crippen molar-refractivity contribution < 1.29 is 37.0 Å². The lowest BCUT2D eigenvalue weighted by Gasteiger charge is -2.18. The van der Waals surface area contributed by atoms with Crippen molar-refractivity contribution in [3.8, 4) is 0 Å². The van der Waals surface area contributed by atoms with Gasteiger partial charge >= 0.3 is 23.8 Å². The summed E-state index contributed by atoms with van der Waals surface area (Å²) in [5, 5.41) is 7.98. The number of carbonyl (C=O) groups is 2. The molecule has 1 aliphatic carbocycles. The Morgan fingerprint density at radius 3 is 2.12 bits per heavy atom. The maximum absolute atomic E-state index is 12.9. The Morgan fingerprint density at radius 2 is 1.71 bits per heavy atom. The van der Waals surface area contributed by atoms with Crippen LogP contribution in [0.4, 0.5) is 17.6 Å². The van der Waals surface area contributed by atoms with Gasteiger partial charge < -0.3 is 9.84 Å². The van der Waals surface area contributed by atoms with Crippen LogP contribution in [-0.4, -0.2) is 35.5 Å². The minimum absolute atomic E-state index is 0.00901. The Balaban J connectivity index is 2.52. The standard InChI is InChI=1S/C9H10F4O4/c10-8(11,6(14)15)4-9(12,13)7(16)17-3-5-1-2-5/h5H,1-4H2,(H,14,15). The SMILES string of the molecule is O=C(O)C(F)(F)CC(F)(F)C(=O)OCC1CC1. The number of carbonyl (C=O) groups excluding carboxylic acids is 1. The van der Waals surface area contributed by atoms with E-state index >= 15 is 0 Å². The highest BCUT2D eigenvalue weighted by Crippen LogP contribution is 2.33. The molecule has 0 atom stereocenters. The van der Waals surface area contributed by atoms with E-state index in [0.717, 1.165) is 12.8 Å². The molecule has 0 amide bonds. The van der Waals surface area contributed by atoms with E-state index in [1.54, 1.807) is 0 Å². The Kier molecular flexibility index (Phi) is 3.63. The van der Waals surface area contributed by atoms with Gasteiger partial charge in [-0.2, -0.15) is 17.6 Å². The highest BCUT2D eigenvalue weighted by Gasteiger charge is 2.54. The largest absolute Gasteiger partial charge is 0.477 e. The lowest BCUT2D eigenvalue weighted by molar-refractivity contribution is -0.193. The zero-order chi connectivity index (χ0) is 13.3. The molecular formula is C9H10F4O4. The van der Waals surface area contributed by atoms with Gasteiger partial charge in [-0.05, 0) is 18.8 Å². The monoisotopic (exact) mass is 258 g/mol. The van der Waals surface area contributed by atoms with Crippen LogP contribution in [0.2, 0.25) is 0 Å². The first-order valence-corrected chi connectivity index (χ1v) is 4.81. The van der Waals surface area contributed by atoms with Crippen molar-refractivity contribution in [2.24, 2.45) is 5.92 Å². The molecule has 8 heteroatoms. The summed E-state index contributed by atoms with van der Waals surface area (Å²) in [5.74, 6) is -14.0. The molecule has 1 N–H and O–H groups in total. The number of hydrogen-bond donors (Lipinski definition) is 1. The van der Waals surface area contributed by atoms with Crippen molar-refractivity contribution >= 4 is 11.9 Å². The lowest BCUT2D eigenvalue weighted by atomic mass is 10.1. The third kappa shape index (κ3) is 3.86. The molecular weight excluding hydrogens is 248 g/mol. The van der Waals surface area contributed by atoms with Crippen LogP contribution in [0, 0.1) is 5.92 Å². The first-order valence-electron chi connectivity index (χ1n) is 4.81. The number of carboxylic acid groups (broad SMARTS) is 1. The van der Waals surface area contributed by atoms with E-state index in [-0.39, 0.29) is 12.5 Å². The molecule has 1 rings (SSSR count). The average molecular weight is 258 g/mol. The van der Waals surface area contributed by atoms with Gasteiger partial charge in [-0.3, -0.25) is 0 Å². The van der Waals surface area contributed by atoms with E-state index in [1.165, 1.54) is 0 Å². The summed E-state index contributed by atoms with van der Waals surface area (Å²) in [5.41, 5.74) is 0. The molecule has 4 nitrogen and oxygen atoms in total. The molecule has 0 radical (unpaired) electrons. The van der Waals surface area contributed by atoms with Crippen molar-refractivity contribution in [3.05, 3.63) is 0 Å². The predicted molar refractivity (Wildman–Crippen MR) is 45.8 cm³/mol. The summed E-state index contributed by atoms with van der Waals surface area (Å²) in [6, 6.07) is 0. The number of esters is 1. The van der Waals surface area contributed by atoms with Gasteiger partial charge in [0.2, 0.25) is 0 Å². The van der Waals surface area contributed by atoms with Crippen molar-refractivity contribution in [1.29, 1.82) is 0 Å².